The van der Waals surface area contributed by atoms with Crippen molar-refractivity contribution < 1.29 is 9.90 Å². The lowest BCUT2D eigenvalue weighted by molar-refractivity contribution is -0.121. The molecule has 0 aromatic carbocycles. The van der Waals surface area contributed by atoms with Gasteiger partial charge >= 0.3 is 0 Å². The molecular weight excluding hydrogens is 182 g/mol. The molecule has 0 saturated carbocycles. The average Bonchev–Trinajstić information content (AvgIpc) is 2.62. The van der Waals surface area contributed by atoms with Gasteiger partial charge in [-0.1, -0.05) is 6.08 Å². The van der Waals surface area contributed by atoms with Crippen LogP contribution in [0.3, 0.4) is 0 Å². The van der Waals surface area contributed by atoms with Gasteiger partial charge in [-0.2, -0.15) is 0 Å². The van der Waals surface area contributed by atoms with E-state index in [1.165, 1.54) is 0 Å². The number of nitrogens with one attached hydrogen (secondary N) is 1. The lowest BCUT2D eigenvalue weighted by Crippen LogP contribution is -2.27. The van der Waals surface area contributed by atoms with Gasteiger partial charge in [-0.15, -0.1) is 6.58 Å². The maximum absolute atomic E-state index is 11.2. The number of imidazole rings is 1. The summed E-state index contributed by atoms with van der Waals surface area (Å²) >= 11 is 0. The van der Waals surface area contributed by atoms with Crippen molar-refractivity contribution in [3.05, 3.63) is 30.9 Å². The molecule has 0 radical (unpaired) electrons. The summed E-state index contributed by atoms with van der Waals surface area (Å²) < 4.78 is 1.60. The van der Waals surface area contributed by atoms with Crippen LogP contribution in [0.15, 0.2) is 25.0 Å². The number of aromatic nitrogens is 2. The Morgan fingerprint density at radius 1 is 1.79 bits per heavy atom. The van der Waals surface area contributed by atoms with E-state index in [-0.39, 0.29) is 19.1 Å². The number of amides is 1. The first-order valence-corrected chi connectivity index (χ1v) is 4.26. The molecule has 1 amide bonds. The van der Waals surface area contributed by atoms with Crippen LogP contribution in [0.1, 0.15) is 5.82 Å². The van der Waals surface area contributed by atoms with E-state index in [2.05, 4.69) is 16.9 Å². The van der Waals surface area contributed by atoms with Crippen LogP contribution in [-0.4, -0.2) is 27.1 Å². The highest BCUT2D eigenvalue weighted by molar-refractivity contribution is 5.75. The third-order valence-electron chi connectivity index (χ3n) is 1.70. The Balaban J connectivity index is 2.51. The molecule has 0 saturated heterocycles. The summed E-state index contributed by atoms with van der Waals surface area (Å²) in [5.41, 5.74) is 0. The molecule has 0 aliphatic rings. The van der Waals surface area contributed by atoms with Crippen molar-refractivity contribution in [1.29, 1.82) is 0 Å². The summed E-state index contributed by atoms with van der Waals surface area (Å²) in [5.74, 6) is 0.358. The number of carbonyl (C=O) groups excluding carboxylic acids is 1. The van der Waals surface area contributed by atoms with E-state index in [4.69, 9.17) is 5.11 Å². The van der Waals surface area contributed by atoms with Gasteiger partial charge in [0.15, 0.2) is 0 Å². The first kappa shape index (κ1) is 10.5. The first-order valence-electron chi connectivity index (χ1n) is 4.26. The van der Waals surface area contributed by atoms with Gasteiger partial charge in [0.1, 0.15) is 19.0 Å². The maximum Gasteiger partial charge on any atom is 0.240 e. The summed E-state index contributed by atoms with van der Waals surface area (Å²) in [6, 6.07) is 0. The quantitative estimate of drug-likeness (QED) is 0.633. The molecule has 0 fully saturated rings. The van der Waals surface area contributed by atoms with Crippen LogP contribution in [0.5, 0.6) is 0 Å². The van der Waals surface area contributed by atoms with Crippen molar-refractivity contribution in [2.75, 3.05) is 6.54 Å². The fraction of sp³-hybridized carbons (Fsp3) is 0.333. The Morgan fingerprint density at radius 3 is 3.21 bits per heavy atom. The van der Waals surface area contributed by atoms with Gasteiger partial charge in [-0.3, -0.25) is 4.79 Å². The number of aliphatic hydroxyl groups excluding tert-OH is 1. The third-order valence-corrected chi connectivity index (χ3v) is 1.70. The predicted molar refractivity (Wildman–Crippen MR) is 51.4 cm³/mol. The van der Waals surface area contributed by atoms with Gasteiger partial charge in [0.2, 0.25) is 5.91 Å². The molecule has 1 aromatic rings. The lowest BCUT2D eigenvalue weighted by atomic mass is 10.5. The summed E-state index contributed by atoms with van der Waals surface area (Å²) in [5, 5.41) is 11.5. The highest BCUT2D eigenvalue weighted by Crippen LogP contribution is 1.96. The molecule has 0 aliphatic carbocycles. The number of nitrogens with zero attached hydrogens (tertiary/aromatic N) is 2. The second-order valence-corrected chi connectivity index (χ2v) is 2.72. The number of carbonyl (C=O) groups is 1. The number of rotatable bonds is 5. The predicted octanol–water partition coefficient (Wildman–Crippen LogP) is -0.322. The van der Waals surface area contributed by atoms with Crippen LogP contribution in [0.25, 0.3) is 0 Å². The Bertz CT molecular complexity index is 320. The zero-order chi connectivity index (χ0) is 10.4. The fourth-order valence-electron chi connectivity index (χ4n) is 1.03. The molecule has 0 unspecified atom stereocenters. The summed E-state index contributed by atoms with van der Waals surface area (Å²) in [4.78, 5) is 15.1. The van der Waals surface area contributed by atoms with Gasteiger partial charge in [-0.05, 0) is 0 Å². The van der Waals surface area contributed by atoms with E-state index in [1.54, 1.807) is 23.0 Å². The van der Waals surface area contributed by atoms with Crippen molar-refractivity contribution in [3.63, 3.8) is 0 Å². The van der Waals surface area contributed by atoms with Crippen molar-refractivity contribution >= 4 is 5.91 Å². The Hall–Kier alpha value is -1.62. The zero-order valence-electron chi connectivity index (χ0n) is 7.81. The monoisotopic (exact) mass is 195 g/mol. The Labute approximate surface area is 82.1 Å². The van der Waals surface area contributed by atoms with Crippen LogP contribution in [0, 0.1) is 0 Å². The zero-order valence-corrected chi connectivity index (χ0v) is 7.81. The van der Waals surface area contributed by atoms with Gasteiger partial charge in [0, 0.05) is 18.9 Å². The van der Waals surface area contributed by atoms with Gasteiger partial charge in [-0.25, -0.2) is 4.98 Å². The summed E-state index contributed by atoms with van der Waals surface area (Å²) in [6.07, 6.45) is 4.81. The average molecular weight is 195 g/mol. The third kappa shape index (κ3) is 2.70. The molecule has 0 aliphatic heterocycles. The standard InChI is InChI=1S/C9H13N3O2/c1-2-3-11-9(14)6-12-5-4-10-8(12)7-13/h2,4-5,13H,1,3,6-7H2,(H,11,14). The first-order chi connectivity index (χ1) is 6.77. The summed E-state index contributed by atoms with van der Waals surface area (Å²) in [7, 11) is 0. The smallest absolute Gasteiger partial charge is 0.240 e. The molecule has 5 heteroatoms. The van der Waals surface area contributed by atoms with E-state index >= 15 is 0 Å². The normalized spacial score (nSPS) is 9.79. The molecule has 1 aromatic heterocycles. The van der Waals surface area contributed by atoms with Crippen LogP contribution in [-0.2, 0) is 17.9 Å². The van der Waals surface area contributed by atoms with E-state index in [9.17, 15) is 4.79 Å². The molecule has 5 nitrogen and oxygen atoms in total. The number of hydrogen-bond donors (Lipinski definition) is 2. The highest BCUT2D eigenvalue weighted by atomic mass is 16.3. The van der Waals surface area contributed by atoms with Crippen LogP contribution < -0.4 is 5.32 Å². The molecule has 14 heavy (non-hydrogen) atoms. The van der Waals surface area contributed by atoms with Crippen molar-refractivity contribution in [2.45, 2.75) is 13.2 Å². The SMILES string of the molecule is C=CCNC(=O)Cn1ccnc1CO. The van der Waals surface area contributed by atoms with Gasteiger partial charge in [0.25, 0.3) is 0 Å². The maximum atomic E-state index is 11.2. The van der Waals surface area contributed by atoms with E-state index in [1.807, 2.05) is 0 Å². The molecule has 1 rings (SSSR count). The minimum Gasteiger partial charge on any atom is -0.388 e. The molecule has 2 N–H and O–H groups in total. The fourth-order valence-corrected chi connectivity index (χ4v) is 1.03. The van der Waals surface area contributed by atoms with Crippen molar-refractivity contribution in [3.8, 4) is 0 Å². The van der Waals surface area contributed by atoms with Crippen LogP contribution >= 0.6 is 0 Å². The molecular formula is C9H13N3O2. The highest BCUT2D eigenvalue weighted by Gasteiger charge is 2.05. The minimum absolute atomic E-state index is 0.127. The van der Waals surface area contributed by atoms with Crippen LogP contribution in [0.2, 0.25) is 0 Å². The second-order valence-electron chi connectivity index (χ2n) is 2.72. The van der Waals surface area contributed by atoms with E-state index in [0.717, 1.165) is 0 Å². The summed E-state index contributed by atoms with van der Waals surface area (Å²) in [6.45, 7) is 3.94. The topological polar surface area (TPSA) is 67.2 Å². The van der Waals surface area contributed by atoms with Gasteiger partial charge < -0.3 is 15.0 Å². The van der Waals surface area contributed by atoms with E-state index in [0.29, 0.717) is 12.4 Å². The Kier molecular flexibility index (Phi) is 3.87. The molecule has 0 spiro atoms. The number of hydrogen-bond acceptors (Lipinski definition) is 3. The largest absolute Gasteiger partial charge is 0.388 e. The molecule has 0 atom stereocenters. The van der Waals surface area contributed by atoms with Crippen molar-refractivity contribution in [2.24, 2.45) is 0 Å². The Morgan fingerprint density at radius 2 is 2.57 bits per heavy atom. The second kappa shape index (κ2) is 5.18. The minimum atomic E-state index is -0.165. The molecule has 1 heterocycles. The molecule has 0 bridgehead atoms. The van der Waals surface area contributed by atoms with Crippen LogP contribution in [0.4, 0.5) is 0 Å². The number of aliphatic hydroxyl groups is 1. The van der Waals surface area contributed by atoms with Crippen molar-refractivity contribution in [1.82, 2.24) is 14.9 Å². The van der Waals surface area contributed by atoms with E-state index < -0.39 is 0 Å². The van der Waals surface area contributed by atoms with Gasteiger partial charge in [0.05, 0.1) is 0 Å². The molecule has 76 valence electrons. The lowest BCUT2D eigenvalue weighted by Gasteiger charge is -2.05.